The smallest absolute Gasteiger partial charge is 0.417 e. The highest BCUT2D eigenvalue weighted by Gasteiger charge is 2.32. The fourth-order valence-corrected chi connectivity index (χ4v) is 1.37. The summed E-state index contributed by atoms with van der Waals surface area (Å²) in [6.07, 6.45) is -3.97. The van der Waals surface area contributed by atoms with Crippen LogP contribution in [0.4, 0.5) is 13.2 Å². The molecule has 1 rings (SSSR count). The van der Waals surface area contributed by atoms with Crippen LogP contribution in [0.1, 0.15) is 24.1 Å². The minimum absolute atomic E-state index is 0.0813. The second kappa shape index (κ2) is 4.29. The zero-order valence-corrected chi connectivity index (χ0v) is 8.80. The topological polar surface area (TPSA) is 50.2 Å². The van der Waals surface area contributed by atoms with Crippen molar-refractivity contribution < 1.29 is 23.1 Å². The summed E-state index contributed by atoms with van der Waals surface area (Å²) in [4.78, 5) is 14.0. The number of pyridine rings is 1. The predicted octanol–water partition coefficient (Wildman–Crippen LogP) is 2.94. The molecular weight excluding hydrogens is 247 g/mol. The second-order valence-electron chi connectivity index (χ2n) is 3.15. The number of aliphatic carboxylic acids is 1. The summed E-state index contributed by atoms with van der Waals surface area (Å²) < 4.78 is 36.7. The first-order chi connectivity index (χ1) is 7.23. The van der Waals surface area contributed by atoms with Crippen molar-refractivity contribution in [1.82, 2.24) is 4.98 Å². The Bertz CT molecular complexity index is 420. The van der Waals surface area contributed by atoms with Crippen LogP contribution in [0.5, 0.6) is 0 Å². The zero-order chi connectivity index (χ0) is 12.5. The quantitative estimate of drug-likeness (QED) is 0.882. The van der Waals surface area contributed by atoms with E-state index in [-0.39, 0.29) is 10.7 Å². The van der Waals surface area contributed by atoms with Crippen LogP contribution in [0.2, 0.25) is 5.02 Å². The molecule has 0 fully saturated rings. The first kappa shape index (κ1) is 12.8. The summed E-state index contributed by atoms with van der Waals surface area (Å²) in [6, 6.07) is 0.670. The average molecular weight is 254 g/mol. The van der Waals surface area contributed by atoms with Crippen molar-refractivity contribution in [3.8, 4) is 0 Å². The molecule has 1 aromatic rings. The van der Waals surface area contributed by atoms with Gasteiger partial charge in [0.15, 0.2) is 0 Å². The van der Waals surface area contributed by atoms with E-state index >= 15 is 0 Å². The molecule has 88 valence electrons. The van der Waals surface area contributed by atoms with E-state index in [9.17, 15) is 18.0 Å². The van der Waals surface area contributed by atoms with Crippen LogP contribution < -0.4 is 0 Å². The third kappa shape index (κ3) is 2.63. The lowest BCUT2D eigenvalue weighted by atomic mass is 10.1. The molecular formula is C9H7ClF3NO2. The highest BCUT2D eigenvalue weighted by molar-refractivity contribution is 6.31. The Morgan fingerprint density at radius 1 is 1.56 bits per heavy atom. The van der Waals surface area contributed by atoms with Crippen LogP contribution in [0.15, 0.2) is 12.3 Å². The molecule has 0 aliphatic carbocycles. The van der Waals surface area contributed by atoms with Gasteiger partial charge in [-0.15, -0.1) is 0 Å². The fraction of sp³-hybridized carbons (Fsp3) is 0.333. The summed E-state index contributed by atoms with van der Waals surface area (Å²) in [5.41, 5.74) is -1.08. The van der Waals surface area contributed by atoms with E-state index < -0.39 is 23.6 Å². The lowest BCUT2D eigenvalue weighted by Gasteiger charge is -2.11. The lowest BCUT2D eigenvalue weighted by molar-refractivity contribution is -0.138. The average Bonchev–Trinajstić information content (AvgIpc) is 2.15. The number of alkyl halides is 3. The largest absolute Gasteiger partial charge is 0.481 e. The minimum Gasteiger partial charge on any atom is -0.481 e. The highest BCUT2D eigenvalue weighted by atomic mass is 35.5. The van der Waals surface area contributed by atoms with Crippen LogP contribution in [-0.2, 0) is 11.0 Å². The van der Waals surface area contributed by atoms with E-state index in [1.54, 1.807) is 0 Å². The summed E-state index contributed by atoms with van der Waals surface area (Å²) in [5, 5.41) is 8.37. The van der Waals surface area contributed by atoms with Crippen molar-refractivity contribution in [1.29, 1.82) is 0 Å². The van der Waals surface area contributed by atoms with E-state index in [0.717, 1.165) is 0 Å². The number of carboxylic acids is 1. The Labute approximate surface area is 93.9 Å². The normalized spacial score (nSPS) is 13.6. The Morgan fingerprint density at radius 3 is 2.50 bits per heavy atom. The lowest BCUT2D eigenvalue weighted by Crippen LogP contribution is -2.12. The number of hydrogen-bond acceptors (Lipinski definition) is 2. The molecule has 0 radical (unpaired) electrons. The van der Waals surface area contributed by atoms with Crippen molar-refractivity contribution in [2.45, 2.75) is 19.0 Å². The Hall–Kier alpha value is -1.30. The summed E-state index contributed by atoms with van der Waals surface area (Å²) >= 11 is 5.55. The standard InChI is InChI=1S/C9H7ClF3NO2/c1-4(8(15)16)7-6(10)2-5(3-14-7)9(11,12)13/h2-4H,1H3,(H,15,16)/t4-/m0/s1. The molecule has 0 saturated heterocycles. The number of carboxylic acid groups (broad SMARTS) is 1. The third-order valence-electron chi connectivity index (χ3n) is 1.98. The fourth-order valence-electron chi connectivity index (χ4n) is 1.04. The zero-order valence-electron chi connectivity index (χ0n) is 8.05. The van der Waals surface area contributed by atoms with Crippen LogP contribution >= 0.6 is 11.6 Å². The first-order valence-corrected chi connectivity index (χ1v) is 4.56. The second-order valence-corrected chi connectivity index (χ2v) is 3.56. The molecule has 0 amide bonds. The van der Waals surface area contributed by atoms with Gasteiger partial charge in [0.25, 0.3) is 0 Å². The van der Waals surface area contributed by atoms with Crippen LogP contribution in [0, 0.1) is 0 Å². The van der Waals surface area contributed by atoms with Gasteiger partial charge >= 0.3 is 12.1 Å². The number of aromatic nitrogens is 1. The maximum Gasteiger partial charge on any atom is 0.417 e. The molecule has 3 nitrogen and oxygen atoms in total. The van der Waals surface area contributed by atoms with Gasteiger partial charge in [0.05, 0.1) is 22.2 Å². The highest BCUT2D eigenvalue weighted by Crippen LogP contribution is 2.32. The maximum atomic E-state index is 12.2. The third-order valence-corrected chi connectivity index (χ3v) is 2.28. The van der Waals surface area contributed by atoms with E-state index in [2.05, 4.69) is 4.98 Å². The Balaban J connectivity index is 3.15. The summed E-state index contributed by atoms with van der Waals surface area (Å²) in [5.74, 6) is -2.25. The van der Waals surface area contributed by atoms with Crippen LogP contribution in [0.3, 0.4) is 0 Å². The number of rotatable bonds is 2. The molecule has 1 N–H and O–H groups in total. The molecule has 7 heteroatoms. The molecule has 0 unspecified atom stereocenters. The number of hydrogen-bond donors (Lipinski definition) is 1. The summed E-state index contributed by atoms with van der Waals surface area (Å²) in [6.45, 7) is 1.30. The SMILES string of the molecule is C[C@H](C(=O)O)c1ncc(C(F)(F)F)cc1Cl. The van der Waals surface area contributed by atoms with Gasteiger partial charge in [-0.1, -0.05) is 11.6 Å². The number of carbonyl (C=O) groups is 1. The molecule has 16 heavy (non-hydrogen) atoms. The Morgan fingerprint density at radius 2 is 2.12 bits per heavy atom. The van der Waals surface area contributed by atoms with Crippen molar-refractivity contribution in [2.75, 3.05) is 0 Å². The van der Waals surface area contributed by atoms with Crippen molar-refractivity contribution in [3.05, 3.63) is 28.5 Å². The molecule has 0 aromatic carbocycles. The van der Waals surface area contributed by atoms with Crippen molar-refractivity contribution in [2.24, 2.45) is 0 Å². The number of halogens is 4. The molecule has 0 bridgehead atoms. The first-order valence-electron chi connectivity index (χ1n) is 4.19. The predicted molar refractivity (Wildman–Crippen MR) is 50.3 cm³/mol. The number of nitrogens with zero attached hydrogens (tertiary/aromatic N) is 1. The molecule has 0 spiro atoms. The van der Waals surface area contributed by atoms with Gasteiger partial charge in [0.2, 0.25) is 0 Å². The maximum absolute atomic E-state index is 12.2. The molecule has 1 heterocycles. The monoisotopic (exact) mass is 253 g/mol. The van der Waals surface area contributed by atoms with Gasteiger partial charge in [-0.3, -0.25) is 9.78 Å². The van der Waals surface area contributed by atoms with Gasteiger partial charge < -0.3 is 5.11 Å². The molecule has 1 aromatic heterocycles. The molecule has 1 atom stereocenters. The molecule has 0 aliphatic rings. The van der Waals surface area contributed by atoms with Crippen LogP contribution in [-0.4, -0.2) is 16.1 Å². The van der Waals surface area contributed by atoms with E-state index in [1.807, 2.05) is 0 Å². The van der Waals surface area contributed by atoms with Crippen LogP contribution in [0.25, 0.3) is 0 Å². The van der Waals surface area contributed by atoms with Crippen molar-refractivity contribution in [3.63, 3.8) is 0 Å². The summed E-state index contributed by atoms with van der Waals surface area (Å²) in [7, 11) is 0. The van der Waals surface area contributed by atoms with Gasteiger partial charge in [-0.2, -0.15) is 13.2 Å². The van der Waals surface area contributed by atoms with E-state index in [1.165, 1.54) is 6.92 Å². The van der Waals surface area contributed by atoms with Gasteiger partial charge in [0, 0.05) is 6.20 Å². The Kier molecular flexibility index (Phi) is 3.42. The van der Waals surface area contributed by atoms with E-state index in [4.69, 9.17) is 16.7 Å². The van der Waals surface area contributed by atoms with Crippen molar-refractivity contribution >= 4 is 17.6 Å². The molecule has 0 saturated carbocycles. The minimum atomic E-state index is -4.54. The van der Waals surface area contributed by atoms with Gasteiger partial charge in [-0.05, 0) is 13.0 Å². The molecule has 0 aliphatic heterocycles. The van der Waals surface area contributed by atoms with E-state index in [0.29, 0.717) is 12.3 Å². The van der Waals surface area contributed by atoms with Gasteiger partial charge in [-0.25, -0.2) is 0 Å². The van der Waals surface area contributed by atoms with Gasteiger partial charge in [0.1, 0.15) is 0 Å².